The summed E-state index contributed by atoms with van der Waals surface area (Å²) in [6, 6.07) is 0. The van der Waals surface area contributed by atoms with Gasteiger partial charge in [0.2, 0.25) is 0 Å². The second-order valence-corrected chi connectivity index (χ2v) is 6.81. The van der Waals surface area contributed by atoms with E-state index in [0.717, 1.165) is 50.2 Å². The maximum absolute atomic E-state index is 6.07. The zero-order valence-electron chi connectivity index (χ0n) is 17.3. The molecule has 0 amide bonds. The molecule has 2 heteroatoms. The van der Waals surface area contributed by atoms with E-state index in [1.807, 2.05) is 32.1 Å². The van der Waals surface area contributed by atoms with Gasteiger partial charge in [0.1, 0.15) is 17.6 Å². The predicted octanol–water partition coefficient (Wildman–Crippen LogP) is 7.18. The van der Waals surface area contributed by atoms with Gasteiger partial charge in [-0.05, 0) is 82.4 Å². The van der Waals surface area contributed by atoms with Crippen molar-refractivity contribution in [1.29, 1.82) is 0 Å². The molecule has 1 unspecified atom stereocenters. The monoisotopic (exact) mass is 356 g/mol. The lowest BCUT2D eigenvalue weighted by Crippen LogP contribution is -2.06. The molecule has 144 valence electrons. The molecule has 0 heterocycles. The molecule has 0 N–H and O–H groups in total. The molecule has 0 saturated heterocycles. The highest BCUT2D eigenvalue weighted by atomic mass is 16.5. The summed E-state index contributed by atoms with van der Waals surface area (Å²) in [4.78, 5) is 0. The molecule has 2 nitrogen and oxygen atoms in total. The highest BCUT2D eigenvalue weighted by molar-refractivity contribution is 5.37. The Kier molecular flexibility index (Phi) is 10.5. The van der Waals surface area contributed by atoms with Crippen molar-refractivity contribution in [2.45, 2.75) is 72.8 Å². The van der Waals surface area contributed by atoms with Gasteiger partial charge < -0.3 is 9.47 Å². The normalized spacial score (nSPS) is 17.9. The van der Waals surface area contributed by atoms with Crippen molar-refractivity contribution in [3.63, 3.8) is 0 Å². The molecule has 1 atom stereocenters. The quantitative estimate of drug-likeness (QED) is 0.169. The van der Waals surface area contributed by atoms with Gasteiger partial charge in [-0.1, -0.05) is 44.1 Å². The fourth-order valence-corrected chi connectivity index (χ4v) is 2.61. The van der Waals surface area contributed by atoms with Crippen LogP contribution in [0.15, 0.2) is 71.3 Å². The first-order valence-corrected chi connectivity index (χ1v) is 9.87. The van der Waals surface area contributed by atoms with Crippen LogP contribution in [0.25, 0.3) is 0 Å². The molecule has 0 aliphatic heterocycles. The maximum atomic E-state index is 6.07. The Morgan fingerprint density at radius 1 is 1.35 bits per heavy atom. The van der Waals surface area contributed by atoms with Crippen LogP contribution >= 0.6 is 0 Å². The zero-order chi connectivity index (χ0) is 19.4. The van der Waals surface area contributed by atoms with Crippen molar-refractivity contribution in [2.24, 2.45) is 0 Å². The molecule has 0 aromatic heterocycles. The van der Waals surface area contributed by atoms with Gasteiger partial charge in [-0.3, -0.25) is 0 Å². The van der Waals surface area contributed by atoms with Crippen molar-refractivity contribution in [2.75, 3.05) is 6.61 Å². The molecule has 1 rings (SSSR count). The summed E-state index contributed by atoms with van der Waals surface area (Å²) < 4.78 is 11.8. The van der Waals surface area contributed by atoms with Crippen LogP contribution < -0.4 is 0 Å². The average molecular weight is 357 g/mol. The Labute approximate surface area is 160 Å². The lowest BCUT2D eigenvalue weighted by atomic mass is 9.96. The minimum atomic E-state index is -0.0131. The van der Waals surface area contributed by atoms with Gasteiger partial charge in [-0.15, -0.1) is 0 Å². The van der Waals surface area contributed by atoms with Crippen molar-refractivity contribution in [3.8, 4) is 0 Å². The number of hydrogen-bond acceptors (Lipinski definition) is 2. The van der Waals surface area contributed by atoms with Crippen LogP contribution in [0.3, 0.4) is 0 Å². The first kappa shape index (κ1) is 22.1. The van der Waals surface area contributed by atoms with Gasteiger partial charge in [0.25, 0.3) is 0 Å². The summed E-state index contributed by atoms with van der Waals surface area (Å²) in [5.41, 5.74) is 4.00. The van der Waals surface area contributed by atoms with Crippen LogP contribution in [0.5, 0.6) is 0 Å². The van der Waals surface area contributed by atoms with Crippen LogP contribution in [0, 0.1) is 0 Å². The number of allylic oxidation sites excluding steroid dienone is 8. The minimum Gasteiger partial charge on any atom is -0.494 e. The zero-order valence-corrected chi connectivity index (χ0v) is 17.3. The molecule has 0 aromatic rings. The van der Waals surface area contributed by atoms with Crippen LogP contribution in [0.4, 0.5) is 0 Å². The van der Waals surface area contributed by atoms with E-state index in [-0.39, 0.29) is 6.10 Å². The fourth-order valence-electron chi connectivity index (χ4n) is 2.61. The largest absolute Gasteiger partial charge is 0.494 e. The summed E-state index contributed by atoms with van der Waals surface area (Å²) in [6.45, 7) is 15.4. The average Bonchev–Trinajstić information content (AvgIpc) is 2.64. The molecule has 0 saturated carbocycles. The van der Waals surface area contributed by atoms with E-state index in [0.29, 0.717) is 0 Å². The SMILES string of the molecule is C=C(CC)C/C(C)=C1/C=C(OC(C)/C=C\C(=C/C)OCCCC)C=CC1. The second-order valence-electron chi connectivity index (χ2n) is 6.81. The van der Waals surface area contributed by atoms with E-state index in [1.165, 1.54) is 16.7 Å². The molecule has 26 heavy (non-hydrogen) atoms. The Hall–Kier alpha value is -1.96. The standard InChI is InChI=1S/C24H36O2/c1-7-10-16-25-23(9-3)15-14-21(6)26-24-13-11-12-22(18-24)20(5)17-19(4)8-2/h9,11,13-15,18,21H,4,7-8,10,12,16-17H2,1-3,5-6H3/b15-14-,22-20+,23-9+. The minimum absolute atomic E-state index is 0.0131. The van der Waals surface area contributed by atoms with E-state index in [4.69, 9.17) is 9.47 Å². The van der Waals surface area contributed by atoms with Gasteiger partial charge in [-0.2, -0.15) is 0 Å². The molecule has 0 radical (unpaired) electrons. The molecule has 0 bridgehead atoms. The molecule has 1 aliphatic rings. The highest BCUT2D eigenvalue weighted by Gasteiger charge is 2.09. The fraction of sp³-hybridized carbons (Fsp3) is 0.500. The third-order valence-electron chi connectivity index (χ3n) is 4.40. The molecule has 0 spiro atoms. The van der Waals surface area contributed by atoms with Crippen LogP contribution in [-0.2, 0) is 9.47 Å². The van der Waals surface area contributed by atoms with Gasteiger partial charge in [0.05, 0.1) is 6.61 Å². The third-order valence-corrected chi connectivity index (χ3v) is 4.40. The number of hydrogen-bond donors (Lipinski definition) is 0. The smallest absolute Gasteiger partial charge is 0.120 e. The van der Waals surface area contributed by atoms with Crippen LogP contribution in [0.1, 0.15) is 66.7 Å². The summed E-state index contributed by atoms with van der Waals surface area (Å²) in [6.07, 6.45) is 17.6. The third kappa shape index (κ3) is 8.42. The molecule has 1 aliphatic carbocycles. The molecule has 0 fully saturated rings. The summed E-state index contributed by atoms with van der Waals surface area (Å²) in [7, 11) is 0. The van der Waals surface area contributed by atoms with Crippen LogP contribution in [-0.4, -0.2) is 12.7 Å². The number of rotatable bonds is 11. The van der Waals surface area contributed by atoms with Gasteiger partial charge in [0.15, 0.2) is 0 Å². The predicted molar refractivity (Wildman–Crippen MR) is 113 cm³/mol. The first-order valence-electron chi connectivity index (χ1n) is 9.87. The van der Waals surface area contributed by atoms with E-state index in [2.05, 4.69) is 45.6 Å². The number of ether oxygens (including phenoxy) is 2. The van der Waals surface area contributed by atoms with Crippen molar-refractivity contribution >= 4 is 0 Å². The molecular formula is C24H36O2. The Morgan fingerprint density at radius 2 is 2.12 bits per heavy atom. The van der Waals surface area contributed by atoms with Gasteiger partial charge >= 0.3 is 0 Å². The van der Waals surface area contributed by atoms with Crippen molar-refractivity contribution < 1.29 is 9.47 Å². The van der Waals surface area contributed by atoms with E-state index < -0.39 is 0 Å². The maximum Gasteiger partial charge on any atom is 0.120 e. The number of unbranched alkanes of at least 4 members (excludes halogenated alkanes) is 1. The second kappa shape index (κ2) is 12.4. The van der Waals surface area contributed by atoms with E-state index in [1.54, 1.807) is 0 Å². The summed E-state index contributed by atoms with van der Waals surface area (Å²) in [5, 5.41) is 0. The van der Waals surface area contributed by atoms with Gasteiger partial charge in [-0.25, -0.2) is 0 Å². The van der Waals surface area contributed by atoms with E-state index in [9.17, 15) is 0 Å². The van der Waals surface area contributed by atoms with E-state index >= 15 is 0 Å². The van der Waals surface area contributed by atoms with Crippen molar-refractivity contribution in [3.05, 3.63) is 71.3 Å². The Morgan fingerprint density at radius 3 is 2.77 bits per heavy atom. The van der Waals surface area contributed by atoms with Crippen LogP contribution in [0.2, 0.25) is 0 Å². The lowest BCUT2D eigenvalue weighted by Gasteiger charge is -2.17. The summed E-state index contributed by atoms with van der Waals surface area (Å²) in [5.74, 6) is 1.82. The molecular weight excluding hydrogens is 320 g/mol. The topological polar surface area (TPSA) is 18.5 Å². The highest BCUT2D eigenvalue weighted by Crippen LogP contribution is 2.25. The van der Waals surface area contributed by atoms with Crippen molar-refractivity contribution in [1.82, 2.24) is 0 Å². The van der Waals surface area contributed by atoms with Gasteiger partial charge in [0, 0.05) is 0 Å². The Balaban J connectivity index is 2.65. The lowest BCUT2D eigenvalue weighted by molar-refractivity contribution is 0.178. The summed E-state index contributed by atoms with van der Waals surface area (Å²) >= 11 is 0. The first-order chi connectivity index (χ1) is 12.5. The molecule has 0 aromatic carbocycles. The Bertz CT molecular complexity index is 600.